The molecule has 1 saturated heterocycles. The third-order valence-electron chi connectivity index (χ3n) is 4.45. The van der Waals surface area contributed by atoms with E-state index in [1.165, 1.54) is 12.1 Å². The van der Waals surface area contributed by atoms with Gasteiger partial charge in [0.15, 0.2) is 0 Å². The number of carbonyl (C=O) groups excluding carboxylic acids is 3. The van der Waals surface area contributed by atoms with Crippen molar-refractivity contribution in [3.05, 3.63) is 60.2 Å². The first kappa shape index (κ1) is 22.3. The molecule has 2 aromatic rings. The Hall–Kier alpha value is -3.40. The van der Waals surface area contributed by atoms with Crippen molar-refractivity contribution in [2.75, 3.05) is 24.7 Å². The van der Waals surface area contributed by atoms with Crippen LogP contribution >= 0.6 is 0 Å². The van der Waals surface area contributed by atoms with Crippen molar-refractivity contribution in [2.24, 2.45) is 0 Å². The van der Waals surface area contributed by atoms with Crippen molar-refractivity contribution < 1.29 is 32.3 Å². The van der Waals surface area contributed by atoms with Gasteiger partial charge >= 0.3 is 24.0 Å². The highest BCUT2D eigenvalue weighted by atomic mass is 19.4. The van der Waals surface area contributed by atoms with Gasteiger partial charge in [-0.25, -0.2) is 14.6 Å². The van der Waals surface area contributed by atoms with Crippen molar-refractivity contribution in [3.63, 3.8) is 0 Å². The van der Waals surface area contributed by atoms with Crippen LogP contribution < -0.4 is 9.64 Å². The van der Waals surface area contributed by atoms with Crippen molar-refractivity contribution in [1.82, 2.24) is 9.80 Å². The highest BCUT2D eigenvalue weighted by Gasteiger charge is 2.47. The van der Waals surface area contributed by atoms with Crippen LogP contribution in [0.3, 0.4) is 0 Å². The number of hydrogen-bond acceptors (Lipinski definition) is 5. The maximum atomic E-state index is 13.1. The van der Waals surface area contributed by atoms with E-state index >= 15 is 0 Å². The number of benzene rings is 2. The highest BCUT2D eigenvalue weighted by molar-refractivity contribution is 6.53. The molecule has 0 bridgehead atoms. The van der Waals surface area contributed by atoms with Gasteiger partial charge in [0.05, 0.1) is 25.5 Å². The summed E-state index contributed by atoms with van der Waals surface area (Å²) in [4.78, 5) is 39.9. The lowest BCUT2D eigenvalue weighted by Crippen LogP contribution is -2.45. The zero-order valence-corrected chi connectivity index (χ0v) is 16.6. The average molecular weight is 435 g/mol. The van der Waals surface area contributed by atoms with Gasteiger partial charge in [0.25, 0.3) is 0 Å². The molecule has 2 aromatic carbocycles. The predicted molar refractivity (Wildman–Crippen MR) is 105 cm³/mol. The summed E-state index contributed by atoms with van der Waals surface area (Å²) in [5.41, 5.74) is 0.622. The minimum Gasteiger partial charge on any atom is -0.492 e. The lowest BCUT2D eigenvalue weighted by Gasteiger charge is -2.27. The SMILES string of the molecule is CCOc1ccccc1N1C(=O)C(=O)N(CN(Cc2ccccc2)CC(F)(F)F)C1=O. The van der Waals surface area contributed by atoms with Crippen LogP contribution in [-0.2, 0) is 16.1 Å². The summed E-state index contributed by atoms with van der Waals surface area (Å²) in [5, 5.41) is 0. The summed E-state index contributed by atoms with van der Waals surface area (Å²) in [5.74, 6) is -2.14. The monoisotopic (exact) mass is 435 g/mol. The normalized spacial score (nSPS) is 14.7. The van der Waals surface area contributed by atoms with Gasteiger partial charge in [-0.3, -0.25) is 14.5 Å². The molecule has 7 nitrogen and oxygen atoms in total. The molecule has 10 heteroatoms. The summed E-state index contributed by atoms with van der Waals surface area (Å²) in [6.07, 6.45) is -4.56. The fourth-order valence-electron chi connectivity index (χ4n) is 3.21. The van der Waals surface area contributed by atoms with Crippen LogP contribution in [0.5, 0.6) is 5.75 Å². The fourth-order valence-corrected chi connectivity index (χ4v) is 3.21. The Balaban J connectivity index is 1.86. The molecule has 31 heavy (non-hydrogen) atoms. The molecular formula is C21H20F3N3O4. The van der Waals surface area contributed by atoms with Gasteiger partial charge in [0.1, 0.15) is 5.75 Å². The number of anilines is 1. The minimum absolute atomic E-state index is 0.0561. The number of ether oxygens (including phenoxy) is 1. The third kappa shape index (κ3) is 5.21. The highest BCUT2D eigenvalue weighted by Crippen LogP contribution is 2.32. The topological polar surface area (TPSA) is 70.2 Å². The molecule has 0 atom stereocenters. The van der Waals surface area contributed by atoms with Crippen LogP contribution in [0, 0.1) is 0 Å². The third-order valence-corrected chi connectivity index (χ3v) is 4.45. The lowest BCUT2D eigenvalue weighted by atomic mass is 10.2. The maximum absolute atomic E-state index is 13.1. The van der Waals surface area contributed by atoms with E-state index in [1.807, 2.05) is 0 Å². The predicted octanol–water partition coefficient (Wildman–Crippen LogP) is 3.40. The van der Waals surface area contributed by atoms with E-state index in [2.05, 4.69) is 0 Å². The standard InChI is InChI=1S/C21H20F3N3O4/c1-2-31-17-11-7-6-10-16(17)27-19(29)18(28)26(20(27)30)14-25(13-21(22,23)24)12-15-8-4-3-5-9-15/h3-11H,2,12-14H2,1H3. The quantitative estimate of drug-likeness (QED) is 0.470. The molecule has 0 spiro atoms. The van der Waals surface area contributed by atoms with Crippen LogP contribution in [0.2, 0.25) is 0 Å². The van der Waals surface area contributed by atoms with E-state index in [0.717, 1.165) is 4.90 Å². The molecule has 164 valence electrons. The summed E-state index contributed by atoms with van der Waals surface area (Å²) >= 11 is 0. The molecule has 3 rings (SSSR count). The Morgan fingerprint density at radius 3 is 2.23 bits per heavy atom. The number of carbonyl (C=O) groups is 3. The van der Waals surface area contributed by atoms with Crippen LogP contribution in [0.25, 0.3) is 0 Å². The molecule has 1 fully saturated rings. The Morgan fingerprint density at radius 2 is 1.58 bits per heavy atom. The Bertz CT molecular complexity index is 966. The largest absolute Gasteiger partial charge is 0.492 e. The van der Waals surface area contributed by atoms with Gasteiger partial charge in [0, 0.05) is 6.54 Å². The van der Waals surface area contributed by atoms with Crippen LogP contribution in [-0.4, -0.2) is 53.6 Å². The molecule has 0 aromatic heterocycles. The number of hydrogen-bond donors (Lipinski definition) is 0. The van der Waals surface area contributed by atoms with Gasteiger partial charge in [-0.1, -0.05) is 42.5 Å². The number of rotatable bonds is 8. The number of halogens is 3. The maximum Gasteiger partial charge on any atom is 0.401 e. The molecule has 0 unspecified atom stereocenters. The Labute approximate surface area is 176 Å². The number of urea groups is 1. The van der Waals surface area contributed by atoms with Crippen LogP contribution in [0.1, 0.15) is 12.5 Å². The molecule has 1 aliphatic heterocycles. The summed E-state index contributed by atoms with van der Waals surface area (Å²) in [6.45, 7) is -0.253. The summed E-state index contributed by atoms with van der Waals surface area (Å²) in [7, 11) is 0. The first-order valence-electron chi connectivity index (χ1n) is 9.46. The number of alkyl halides is 3. The molecule has 1 aliphatic rings. The fraction of sp³-hybridized carbons (Fsp3) is 0.286. The second-order valence-electron chi connectivity index (χ2n) is 6.79. The van der Waals surface area contributed by atoms with E-state index in [9.17, 15) is 27.6 Å². The van der Waals surface area contributed by atoms with Gasteiger partial charge in [-0.15, -0.1) is 0 Å². The van der Waals surface area contributed by atoms with E-state index in [-0.39, 0.29) is 24.6 Å². The van der Waals surface area contributed by atoms with Crippen molar-refractivity contribution in [2.45, 2.75) is 19.6 Å². The van der Waals surface area contributed by atoms with Gasteiger partial charge in [-0.2, -0.15) is 13.2 Å². The molecule has 0 N–H and O–H groups in total. The molecule has 0 radical (unpaired) electrons. The van der Waals surface area contributed by atoms with Crippen molar-refractivity contribution in [1.29, 1.82) is 0 Å². The molecule has 1 heterocycles. The van der Waals surface area contributed by atoms with Gasteiger partial charge in [0.2, 0.25) is 0 Å². The average Bonchev–Trinajstić information content (AvgIpc) is 2.92. The minimum atomic E-state index is -4.56. The number of para-hydroxylation sites is 2. The Morgan fingerprint density at radius 1 is 0.935 bits per heavy atom. The zero-order valence-electron chi connectivity index (χ0n) is 16.6. The summed E-state index contributed by atoms with van der Waals surface area (Å²) < 4.78 is 44.7. The summed E-state index contributed by atoms with van der Waals surface area (Å²) in [6, 6.07) is 13.4. The first-order chi connectivity index (χ1) is 14.7. The van der Waals surface area contributed by atoms with Crippen LogP contribution in [0.15, 0.2) is 54.6 Å². The van der Waals surface area contributed by atoms with E-state index in [0.29, 0.717) is 15.4 Å². The smallest absolute Gasteiger partial charge is 0.401 e. The van der Waals surface area contributed by atoms with Crippen molar-refractivity contribution >= 4 is 23.5 Å². The van der Waals surface area contributed by atoms with E-state index < -0.39 is 37.2 Å². The van der Waals surface area contributed by atoms with Crippen molar-refractivity contribution in [3.8, 4) is 5.75 Å². The molecule has 0 saturated carbocycles. The van der Waals surface area contributed by atoms with E-state index in [1.54, 1.807) is 49.4 Å². The van der Waals surface area contributed by atoms with Crippen LogP contribution in [0.4, 0.5) is 23.7 Å². The number of amides is 4. The molecule has 4 amide bonds. The Kier molecular flexibility index (Phi) is 6.59. The van der Waals surface area contributed by atoms with Gasteiger partial charge < -0.3 is 4.74 Å². The lowest BCUT2D eigenvalue weighted by molar-refractivity contribution is -0.154. The molecular weight excluding hydrogens is 415 g/mol. The zero-order chi connectivity index (χ0) is 22.6. The second-order valence-corrected chi connectivity index (χ2v) is 6.79. The molecule has 0 aliphatic carbocycles. The number of nitrogens with zero attached hydrogens (tertiary/aromatic N) is 3. The second kappa shape index (κ2) is 9.17. The number of imide groups is 2. The first-order valence-corrected chi connectivity index (χ1v) is 9.46. The van der Waals surface area contributed by atoms with E-state index in [4.69, 9.17) is 4.74 Å². The van der Waals surface area contributed by atoms with Gasteiger partial charge in [-0.05, 0) is 24.6 Å².